The Hall–Kier alpha value is -2.35. The van der Waals surface area contributed by atoms with E-state index in [0.29, 0.717) is 17.3 Å². The molecule has 0 bridgehead atoms. The number of halogens is 2. The van der Waals surface area contributed by atoms with Crippen LogP contribution in [-0.2, 0) is 11.8 Å². The summed E-state index contributed by atoms with van der Waals surface area (Å²) in [6.07, 6.45) is 7.31. The van der Waals surface area contributed by atoms with Crippen LogP contribution in [0.15, 0.2) is 49.1 Å². The van der Waals surface area contributed by atoms with Crippen molar-refractivity contribution in [3.05, 3.63) is 59.6 Å². The number of nitrogens with zero attached hydrogens (tertiary/aromatic N) is 4. The molecule has 2 atom stereocenters. The van der Waals surface area contributed by atoms with Crippen LogP contribution in [0.3, 0.4) is 0 Å². The maximum Gasteiger partial charge on any atom is 0.229 e. The van der Waals surface area contributed by atoms with Gasteiger partial charge in [0, 0.05) is 50.3 Å². The molecule has 3 heterocycles. The van der Waals surface area contributed by atoms with Crippen LogP contribution in [0.5, 0.6) is 0 Å². The predicted octanol–water partition coefficient (Wildman–Crippen LogP) is 2.62. The molecule has 142 valence electrons. The molecule has 27 heavy (non-hydrogen) atoms. The molecule has 1 saturated heterocycles. The van der Waals surface area contributed by atoms with Gasteiger partial charge in [0.25, 0.3) is 0 Å². The van der Waals surface area contributed by atoms with Crippen molar-refractivity contribution in [3.63, 3.8) is 0 Å². The molecule has 7 nitrogen and oxygen atoms in total. The molecule has 1 aromatic carbocycles. The summed E-state index contributed by atoms with van der Waals surface area (Å²) in [6, 6.07) is 7.26. The first-order valence-electron chi connectivity index (χ1n) is 8.41. The van der Waals surface area contributed by atoms with Crippen LogP contribution in [0.4, 0.5) is 5.69 Å². The van der Waals surface area contributed by atoms with Crippen LogP contribution in [0, 0.1) is 5.92 Å². The number of aryl methyl sites for hydroxylation is 1. The van der Waals surface area contributed by atoms with Crippen molar-refractivity contribution < 1.29 is 4.79 Å². The Balaban J connectivity index is 0.00000210. The summed E-state index contributed by atoms with van der Waals surface area (Å²) in [5.74, 6) is -0.0574. The zero-order valence-corrected chi connectivity index (χ0v) is 16.2. The Labute approximate surface area is 168 Å². The third-order valence-corrected chi connectivity index (χ3v) is 4.97. The Morgan fingerprint density at radius 2 is 2.19 bits per heavy atom. The molecule has 0 unspecified atom stereocenters. The molecule has 2 N–H and O–H groups in total. The van der Waals surface area contributed by atoms with E-state index in [0.717, 1.165) is 17.8 Å². The van der Waals surface area contributed by atoms with Crippen molar-refractivity contribution in [1.82, 2.24) is 24.9 Å². The molecule has 1 amide bonds. The third kappa shape index (κ3) is 4.00. The van der Waals surface area contributed by atoms with Crippen molar-refractivity contribution in [2.45, 2.75) is 5.92 Å². The van der Waals surface area contributed by atoms with Gasteiger partial charge in [-0.05, 0) is 29.8 Å². The Bertz CT molecular complexity index is 924. The molecule has 1 fully saturated rings. The lowest BCUT2D eigenvalue weighted by atomic mass is 9.90. The largest absolute Gasteiger partial charge is 0.326 e. The summed E-state index contributed by atoms with van der Waals surface area (Å²) in [6.45, 7) is 1.41. The van der Waals surface area contributed by atoms with Crippen molar-refractivity contribution >= 4 is 35.6 Å². The first-order chi connectivity index (χ1) is 12.6. The van der Waals surface area contributed by atoms with Crippen LogP contribution in [0.1, 0.15) is 11.5 Å². The summed E-state index contributed by atoms with van der Waals surface area (Å²) in [5.41, 5.74) is 2.52. The number of carbonyl (C=O) groups is 1. The van der Waals surface area contributed by atoms with Gasteiger partial charge in [-0.15, -0.1) is 12.4 Å². The Kier molecular flexibility index (Phi) is 5.84. The van der Waals surface area contributed by atoms with Crippen LogP contribution in [-0.4, -0.2) is 38.6 Å². The molecule has 0 radical (unpaired) electrons. The number of aromatic nitrogens is 4. The molecule has 0 spiro atoms. The van der Waals surface area contributed by atoms with Crippen LogP contribution >= 0.6 is 24.0 Å². The van der Waals surface area contributed by atoms with E-state index in [2.05, 4.69) is 20.8 Å². The smallest absolute Gasteiger partial charge is 0.229 e. The number of hydrogen-bond donors (Lipinski definition) is 2. The van der Waals surface area contributed by atoms with E-state index in [1.165, 1.54) is 0 Å². The highest BCUT2D eigenvalue weighted by Crippen LogP contribution is 2.30. The highest BCUT2D eigenvalue weighted by atomic mass is 35.5. The van der Waals surface area contributed by atoms with Gasteiger partial charge >= 0.3 is 0 Å². The number of nitrogens with one attached hydrogen (secondary N) is 2. The molecule has 0 aliphatic carbocycles. The Morgan fingerprint density at radius 1 is 1.33 bits per heavy atom. The van der Waals surface area contributed by atoms with E-state index in [1.807, 2.05) is 43.8 Å². The fourth-order valence-electron chi connectivity index (χ4n) is 3.35. The van der Waals surface area contributed by atoms with E-state index in [9.17, 15) is 4.79 Å². The van der Waals surface area contributed by atoms with Crippen LogP contribution in [0.25, 0.3) is 5.69 Å². The zero-order chi connectivity index (χ0) is 18.1. The van der Waals surface area contributed by atoms with Gasteiger partial charge in [0.15, 0.2) is 0 Å². The van der Waals surface area contributed by atoms with Gasteiger partial charge in [0.05, 0.1) is 22.8 Å². The van der Waals surface area contributed by atoms with Crippen LogP contribution in [0.2, 0.25) is 5.02 Å². The number of benzene rings is 1. The van der Waals surface area contributed by atoms with Gasteiger partial charge < -0.3 is 10.6 Å². The number of carbonyl (C=O) groups excluding carboxylic acids is 1. The number of hydrogen-bond acceptors (Lipinski definition) is 4. The SMILES string of the molecule is Cl.Cn1cc([C@H]2CNC[C@@H]2C(=O)Nc2ccc(-n3cccn3)c(Cl)c2)cn1. The summed E-state index contributed by atoms with van der Waals surface area (Å²) in [7, 11) is 1.88. The first-order valence-corrected chi connectivity index (χ1v) is 8.79. The molecule has 3 aromatic rings. The van der Waals surface area contributed by atoms with Crippen LogP contribution < -0.4 is 10.6 Å². The minimum absolute atomic E-state index is 0. The topological polar surface area (TPSA) is 76.8 Å². The molecule has 9 heteroatoms. The molecule has 1 aliphatic heterocycles. The molecular weight excluding hydrogens is 387 g/mol. The second-order valence-electron chi connectivity index (χ2n) is 6.42. The second kappa shape index (κ2) is 8.12. The standard InChI is InChI=1S/C18H19ClN6O.ClH/c1-24-11-12(8-22-24)14-9-20-10-15(14)18(26)23-13-3-4-17(16(19)7-13)25-6-2-5-21-25;/h2-8,11,14-15,20H,9-10H2,1H3,(H,23,26);1H/t14-,15+;/m1./s1. The van der Waals surface area contributed by atoms with E-state index in [1.54, 1.807) is 21.6 Å². The fourth-order valence-corrected chi connectivity index (χ4v) is 3.62. The van der Waals surface area contributed by atoms with Crippen molar-refractivity contribution in [2.24, 2.45) is 13.0 Å². The monoisotopic (exact) mass is 406 g/mol. The van der Waals surface area contributed by atoms with Gasteiger partial charge in [-0.2, -0.15) is 10.2 Å². The van der Waals surface area contributed by atoms with E-state index < -0.39 is 0 Å². The van der Waals surface area contributed by atoms with Gasteiger partial charge in [-0.1, -0.05) is 11.6 Å². The lowest BCUT2D eigenvalue weighted by molar-refractivity contribution is -0.119. The minimum Gasteiger partial charge on any atom is -0.326 e. The van der Waals surface area contributed by atoms with Gasteiger partial charge in [-0.25, -0.2) is 4.68 Å². The first kappa shape index (κ1) is 19.4. The summed E-state index contributed by atoms with van der Waals surface area (Å²) in [5, 5.41) is 15.2. The van der Waals surface area contributed by atoms with E-state index in [-0.39, 0.29) is 30.2 Å². The second-order valence-corrected chi connectivity index (χ2v) is 6.83. The average Bonchev–Trinajstić information content (AvgIpc) is 3.36. The van der Waals surface area contributed by atoms with Gasteiger partial charge in [0.2, 0.25) is 5.91 Å². The molecular formula is C18H20Cl2N6O. The van der Waals surface area contributed by atoms with Gasteiger partial charge in [0.1, 0.15) is 0 Å². The average molecular weight is 407 g/mol. The number of anilines is 1. The molecule has 4 rings (SSSR count). The van der Waals surface area contributed by atoms with E-state index >= 15 is 0 Å². The fraction of sp³-hybridized carbons (Fsp3) is 0.278. The molecule has 0 saturated carbocycles. The van der Waals surface area contributed by atoms with Crippen molar-refractivity contribution in [2.75, 3.05) is 18.4 Å². The number of rotatable bonds is 4. The minimum atomic E-state index is -0.149. The highest BCUT2D eigenvalue weighted by Gasteiger charge is 2.34. The highest BCUT2D eigenvalue weighted by molar-refractivity contribution is 6.32. The summed E-state index contributed by atoms with van der Waals surface area (Å²) < 4.78 is 3.45. The normalized spacial score (nSPS) is 18.9. The van der Waals surface area contributed by atoms with E-state index in [4.69, 9.17) is 11.6 Å². The number of amides is 1. The molecule has 2 aromatic heterocycles. The van der Waals surface area contributed by atoms with Crippen molar-refractivity contribution in [1.29, 1.82) is 0 Å². The quantitative estimate of drug-likeness (QED) is 0.697. The predicted molar refractivity (Wildman–Crippen MR) is 107 cm³/mol. The van der Waals surface area contributed by atoms with Gasteiger partial charge in [-0.3, -0.25) is 9.48 Å². The summed E-state index contributed by atoms with van der Waals surface area (Å²) in [4.78, 5) is 12.8. The third-order valence-electron chi connectivity index (χ3n) is 4.67. The zero-order valence-electron chi connectivity index (χ0n) is 14.7. The maximum absolute atomic E-state index is 12.8. The summed E-state index contributed by atoms with van der Waals surface area (Å²) >= 11 is 6.36. The Morgan fingerprint density at radius 3 is 2.85 bits per heavy atom. The van der Waals surface area contributed by atoms with Crippen molar-refractivity contribution in [3.8, 4) is 5.69 Å². The maximum atomic E-state index is 12.8. The molecule has 1 aliphatic rings. The lowest BCUT2D eigenvalue weighted by Crippen LogP contribution is -2.28. The lowest BCUT2D eigenvalue weighted by Gasteiger charge is -2.17.